The summed E-state index contributed by atoms with van der Waals surface area (Å²) in [6.07, 6.45) is 3.88. The molecule has 0 aliphatic carbocycles. The van der Waals surface area contributed by atoms with Gasteiger partial charge in [0, 0.05) is 24.7 Å². The monoisotopic (exact) mass is 284 g/mol. The fourth-order valence-corrected chi connectivity index (χ4v) is 1.58. The molecule has 0 bridgehead atoms. The lowest BCUT2D eigenvalue weighted by molar-refractivity contribution is -0.142. The topological polar surface area (TPSA) is 127 Å². The van der Waals surface area contributed by atoms with Crippen LogP contribution >= 0.6 is 0 Å². The zero-order chi connectivity index (χ0) is 15.1. The number of carboxylic acid groups (broad SMARTS) is 2. The van der Waals surface area contributed by atoms with Gasteiger partial charge in [0.2, 0.25) is 0 Å². The summed E-state index contributed by atoms with van der Waals surface area (Å²) in [5.41, 5.74) is 0.317. The number of nitrogens with one attached hydrogen (secondary N) is 1. The third-order valence-corrected chi connectivity index (χ3v) is 2.75. The highest BCUT2D eigenvalue weighted by Gasteiger charge is 2.20. The number of carbonyl (C=O) groups excluding carboxylic acids is 1. The highest BCUT2D eigenvalue weighted by molar-refractivity contribution is 5.96. The van der Waals surface area contributed by atoms with Gasteiger partial charge in [-0.2, -0.15) is 0 Å². The number of hydrogen-bond donors (Lipinski definition) is 4. The SMILES string of the molecule is O=C(O)CCC(CNC(=O)C1=CCN(O)C=C1)C(=O)O. The van der Waals surface area contributed by atoms with E-state index in [9.17, 15) is 14.4 Å². The van der Waals surface area contributed by atoms with Crippen LogP contribution in [0.3, 0.4) is 0 Å². The molecular formula is C12H16N2O6. The Hall–Kier alpha value is -2.35. The average molecular weight is 284 g/mol. The summed E-state index contributed by atoms with van der Waals surface area (Å²) in [5, 5.41) is 29.8. The van der Waals surface area contributed by atoms with Crippen molar-refractivity contribution in [2.45, 2.75) is 12.8 Å². The minimum Gasteiger partial charge on any atom is -0.481 e. The first-order chi connectivity index (χ1) is 9.40. The molecule has 0 spiro atoms. The third-order valence-electron chi connectivity index (χ3n) is 2.75. The predicted molar refractivity (Wildman–Crippen MR) is 66.7 cm³/mol. The molecule has 4 N–H and O–H groups in total. The van der Waals surface area contributed by atoms with E-state index in [1.54, 1.807) is 0 Å². The van der Waals surface area contributed by atoms with Gasteiger partial charge in [-0.05, 0) is 18.6 Å². The Morgan fingerprint density at radius 1 is 1.35 bits per heavy atom. The van der Waals surface area contributed by atoms with Crippen molar-refractivity contribution in [2.24, 2.45) is 5.92 Å². The van der Waals surface area contributed by atoms with E-state index in [0.29, 0.717) is 5.57 Å². The Morgan fingerprint density at radius 2 is 2.05 bits per heavy atom. The van der Waals surface area contributed by atoms with E-state index >= 15 is 0 Å². The van der Waals surface area contributed by atoms with Crippen LogP contribution in [0.1, 0.15) is 12.8 Å². The molecule has 0 fully saturated rings. The maximum absolute atomic E-state index is 11.7. The molecule has 0 aromatic heterocycles. The molecule has 1 atom stereocenters. The van der Waals surface area contributed by atoms with Crippen molar-refractivity contribution in [1.82, 2.24) is 10.4 Å². The van der Waals surface area contributed by atoms with Crippen molar-refractivity contribution in [3.8, 4) is 0 Å². The van der Waals surface area contributed by atoms with E-state index in [0.717, 1.165) is 5.06 Å². The Kier molecular flexibility index (Phi) is 5.73. The van der Waals surface area contributed by atoms with Crippen LogP contribution in [0.15, 0.2) is 23.9 Å². The van der Waals surface area contributed by atoms with Gasteiger partial charge >= 0.3 is 11.9 Å². The standard InChI is InChI=1S/C12H16N2O6/c15-10(16)2-1-9(12(18)19)7-13-11(17)8-3-5-14(20)6-4-8/h3-5,9,20H,1-2,6-7H2,(H,13,17)(H,15,16)(H,18,19). The number of rotatable bonds is 7. The molecule has 1 amide bonds. The van der Waals surface area contributed by atoms with Crippen LogP contribution in [0.5, 0.6) is 0 Å². The van der Waals surface area contributed by atoms with Gasteiger partial charge in [0.05, 0.1) is 12.5 Å². The van der Waals surface area contributed by atoms with Gasteiger partial charge in [0.1, 0.15) is 0 Å². The molecule has 1 heterocycles. The number of carbonyl (C=O) groups is 3. The molecule has 0 radical (unpaired) electrons. The third kappa shape index (κ3) is 5.11. The second kappa shape index (κ2) is 7.29. The molecule has 1 rings (SSSR count). The second-order valence-corrected chi connectivity index (χ2v) is 4.27. The molecule has 20 heavy (non-hydrogen) atoms. The Morgan fingerprint density at radius 3 is 2.55 bits per heavy atom. The summed E-state index contributed by atoms with van der Waals surface area (Å²) in [4.78, 5) is 33.1. The van der Waals surface area contributed by atoms with Gasteiger partial charge in [0.25, 0.3) is 5.91 Å². The minimum absolute atomic E-state index is 0.0513. The first-order valence-electron chi connectivity index (χ1n) is 5.97. The van der Waals surface area contributed by atoms with Crippen LogP contribution in [0.4, 0.5) is 0 Å². The van der Waals surface area contributed by atoms with E-state index in [-0.39, 0.29) is 25.9 Å². The van der Waals surface area contributed by atoms with E-state index in [1.807, 2.05) is 0 Å². The van der Waals surface area contributed by atoms with Crippen LogP contribution < -0.4 is 5.32 Å². The van der Waals surface area contributed by atoms with Crippen molar-refractivity contribution in [3.63, 3.8) is 0 Å². The molecule has 1 unspecified atom stereocenters. The van der Waals surface area contributed by atoms with Crippen LogP contribution in [0.2, 0.25) is 0 Å². The Labute approximate surface area is 114 Å². The molecule has 0 aromatic carbocycles. The summed E-state index contributed by atoms with van der Waals surface area (Å²) in [6, 6.07) is 0. The van der Waals surface area contributed by atoms with Crippen LogP contribution in [0, 0.1) is 5.92 Å². The molecule has 8 nitrogen and oxygen atoms in total. The van der Waals surface area contributed by atoms with Gasteiger partial charge in [-0.25, -0.2) is 0 Å². The molecule has 1 aliphatic rings. The molecule has 0 aromatic rings. The lowest BCUT2D eigenvalue weighted by Gasteiger charge is -2.16. The average Bonchev–Trinajstić information content (AvgIpc) is 2.38. The highest BCUT2D eigenvalue weighted by Crippen LogP contribution is 2.08. The van der Waals surface area contributed by atoms with Gasteiger partial charge in [-0.15, -0.1) is 0 Å². The largest absolute Gasteiger partial charge is 0.481 e. The number of nitrogens with zero attached hydrogens (tertiary/aromatic N) is 1. The maximum Gasteiger partial charge on any atom is 0.308 e. The maximum atomic E-state index is 11.7. The van der Waals surface area contributed by atoms with E-state index in [4.69, 9.17) is 15.4 Å². The lowest BCUT2D eigenvalue weighted by atomic mass is 10.0. The normalized spacial score (nSPS) is 15.4. The quantitative estimate of drug-likeness (QED) is 0.510. The summed E-state index contributed by atoms with van der Waals surface area (Å²) in [7, 11) is 0. The first kappa shape index (κ1) is 15.7. The Balaban J connectivity index is 2.47. The first-order valence-corrected chi connectivity index (χ1v) is 5.97. The molecule has 0 saturated carbocycles. The number of carboxylic acids is 2. The number of hydrogen-bond acceptors (Lipinski definition) is 5. The second-order valence-electron chi connectivity index (χ2n) is 4.27. The van der Waals surface area contributed by atoms with Crippen LogP contribution in [-0.2, 0) is 14.4 Å². The van der Waals surface area contributed by atoms with Crippen molar-refractivity contribution in [2.75, 3.05) is 13.1 Å². The number of hydroxylamine groups is 2. The van der Waals surface area contributed by atoms with Crippen molar-refractivity contribution in [3.05, 3.63) is 23.9 Å². The van der Waals surface area contributed by atoms with Gasteiger partial charge < -0.3 is 15.5 Å². The molecular weight excluding hydrogens is 268 g/mol. The van der Waals surface area contributed by atoms with Crippen molar-refractivity contribution >= 4 is 17.8 Å². The molecule has 8 heteroatoms. The Bertz CT molecular complexity index is 457. The lowest BCUT2D eigenvalue weighted by Crippen LogP contribution is -2.34. The zero-order valence-electron chi connectivity index (χ0n) is 10.7. The summed E-state index contributed by atoms with van der Waals surface area (Å²) < 4.78 is 0. The van der Waals surface area contributed by atoms with Gasteiger partial charge in [-0.3, -0.25) is 24.7 Å². The smallest absolute Gasteiger partial charge is 0.308 e. The fourth-order valence-electron chi connectivity index (χ4n) is 1.58. The number of amides is 1. The van der Waals surface area contributed by atoms with E-state index < -0.39 is 23.8 Å². The van der Waals surface area contributed by atoms with Crippen LogP contribution in [0.25, 0.3) is 0 Å². The summed E-state index contributed by atoms with van der Waals surface area (Å²) in [6.45, 7) is 0.0239. The van der Waals surface area contributed by atoms with E-state index in [1.165, 1.54) is 18.4 Å². The van der Waals surface area contributed by atoms with Crippen LogP contribution in [-0.4, -0.2) is 51.4 Å². The summed E-state index contributed by atoms with van der Waals surface area (Å²) in [5.74, 6) is -3.64. The molecule has 0 saturated heterocycles. The fraction of sp³-hybridized carbons (Fsp3) is 0.417. The van der Waals surface area contributed by atoms with Gasteiger partial charge in [-0.1, -0.05) is 0 Å². The van der Waals surface area contributed by atoms with Crippen molar-refractivity contribution in [1.29, 1.82) is 0 Å². The minimum atomic E-state index is -1.15. The zero-order valence-corrected chi connectivity index (χ0v) is 10.7. The van der Waals surface area contributed by atoms with Crippen molar-refractivity contribution < 1.29 is 29.8 Å². The summed E-state index contributed by atoms with van der Waals surface area (Å²) >= 11 is 0. The predicted octanol–water partition coefficient (Wildman–Crippen LogP) is -0.187. The molecule has 110 valence electrons. The molecule has 1 aliphatic heterocycles. The van der Waals surface area contributed by atoms with E-state index in [2.05, 4.69) is 5.32 Å². The highest BCUT2D eigenvalue weighted by atomic mass is 16.5. The number of aliphatic carboxylic acids is 2. The van der Waals surface area contributed by atoms with Gasteiger partial charge in [0.15, 0.2) is 0 Å².